The number of hydrogen-bond donors (Lipinski definition) is 2. The Kier molecular flexibility index (Phi) is 2.72. The monoisotopic (exact) mass is 254 g/mol. The molecule has 2 N–H and O–H groups in total. The van der Waals surface area contributed by atoms with Gasteiger partial charge in [0.25, 0.3) is 5.91 Å². The SMILES string of the molecule is CNS(=O)(=O)c1ccc2c(c1)NC(=O)C(=O)C2. The number of fused-ring (bicyclic) bond motifs is 1. The summed E-state index contributed by atoms with van der Waals surface area (Å²) in [6.07, 6.45) is 0.00104. The molecule has 0 fully saturated rings. The molecule has 6 nitrogen and oxygen atoms in total. The Morgan fingerprint density at radius 1 is 1.29 bits per heavy atom. The Morgan fingerprint density at radius 3 is 2.65 bits per heavy atom. The molecule has 1 amide bonds. The first-order valence-electron chi connectivity index (χ1n) is 4.84. The molecule has 1 aliphatic heterocycles. The summed E-state index contributed by atoms with van der Waals surface area (Å²) in [5.41, 5.74) is 0.982. The molecular formula is C10H10N2O4S. The number of Topliss-reactive ketones (excluding diaryl/α,β-unsaturated/α-hetero) is 1. The minimum absolute atomic E-state index is 0.00104. The van der Waals surface area contributed by atoms with E-state index in [1.807, 2.05) is 0 Å². The molecule has 2 rings (SSSR count). The first-order chi connectivity index (χ1) is 7.94. The van der Waals surface area contributed by atoms with Gasteiger partial charge < -0.3 is 5.32 Å². The third-order valence-electron chi connectivity index (χ3n) is 2.51. The highest BCUT2D eigenvalue weighted by atomic mass is 32.2. The number of anilines is 1. The molecule has 0 unspecified atom stereocenters. The fourth-order valence-corrected chi connectivity index (χ4v) is 2.31. The van der Waals surface area contributed by atoms with Gasteiger partial charge in [0.15, 0.2) is 0 Å². The van der Waals surface area contributed by atoms with Crippen molar-refractivity contribution in [1.29, 1.82) is 0 Å². The Labute approximate surface area is 98.1 Å². The molecule has 0 bridgehead atoms. The van der Waals surface area contributed by atoms with Gasteiger partial charge in [-0.3, -0.25) is 9.59 Å². The van der Waals surface area contributed by atoms with Gasteiger partial charge >= 0.3 is 0 Å². The third-order valence-corrected chi connectivity index (χ3v) is 3.92. The van der Waals surface area contributed by atoms with Crippen LogP contribution in [0.5, 0.6) is 0 Å². The van der Waals surface area contributed by atoms with Crippen molar-refractivity contribution < 1.29 is 18.0 Å². The van der Waals surface area contributed by atoms with Crippen LogP contribution < -0.4 is 10.0 Å². The molecule has 1 aromatic carbocycles. The van der Waals surface area contributed by atoms with E-state index in [9.17, 15) is 18.0 Å². The second-order valence-electron chi connectivity index (χ2n) is 3.58. The predicted octanol–water partition coefficient (Wildman–Crippen LogP) is -0.342. The zero-order valence-electron chi connectivity index (χ0n) is 8.98. The molecule has 7 heteroatoms. The molecule has 0 atom stereocenters. The van der Waals surface area contributed by atoms with E-state index < -0.39 is 21.7 Å². The highest BCUT2D eigenvalue weighted by Crippen LogP contribution is 2.24. The lowest BCUT2D eigenvalue weighted by Crippen LogP contribution is -2.30. The van der Waals surface area contributed by atoms with Gasteiger partial charge in [-0.05, 0) is 24.7 Å². The summed E-state index contributed by atoms with van der Waals surface area (Å²) in [5.74, 6) is -1.24. The summed E-state index contributed by atoms with van der Waals surface area (Å²) >= 11 is 0. The predicted molar refractivity (Wildman–Crippen MR) is 60.0 cm³/mol. The van der Waals surface area contributed by atoms with Crippen molar-refractivity contribution in [1.82, 2.24) is 4.72 Å². The van der Waals surface area contributed by atoms with Gasteiger partial charge in [-0.25, -0.2) is 13.1 Å². The van der Waals surface area contributed by atoms with Crippen molar-refractivity contribution in [2.24, 2.45) is 0 Å². The van der Waals surface area contributed by atoms with E-state index in [2.05, 4.69) is 10.0 Å². The molecule has 1 aromatic rings. The van der Waals surface area contributed by atoms with Crippen LogP contribution in [0.3, 0.4) is 0 Å². The lowest BCUT2D eigenvalue weighted by atomic mass is 10.0. The average Bonchev–Trinajstić information content (AvgIpc) is 2.30. The number of carbonyl (C=O) groups is 2. The zero-order chi connectivity index (χ0) is 12.6. The highest BCUT2D eigenvalue weighted by molar-refractivity contribution is 7.89. The average molecular weight is 254 g/mol. The van der Waals surface area contributed by atoms with Crippen LogP contribution in [0.4, 0.5) is 5.69 Å². The summed E-state index contributed by atoms with van der Waals surface area (Å²) < 4.78 is 25.3. The van der Waals surface area contributed by atoms with Gasteiger partial charge in [0.2, 0.25) is 15.8 Å². The van der Waals surface area contributed by atoms with Crippen LogP contribution in [0.15, 0.2) is 23.1 Å². The van der Waals surface area contributed by atoms with Crippen LogP contribution in [0.25, 0.3) is 0 Å². The van der Waals surface area contributed by atoms with E-state index in [1.165, 1.54) is 25.2 Å². The highest BCUT2D eigenvalue weighted by Gasteiger charge is 2.24. The second-order valence-corrected chi connectivity index (χ2v) is 5.47. The largest absolute Gasteiger partial charge is 0.319 e. The normalized spacial score (nSPS) is 15.4. The van der Waals surface area contributed by atoms with Crippen LogP contribution in [0.2, 0.25) is 0 Å². The second kappa shape index (κ2) is 3.94. The summed E-state index contributed by atoms with van der Waals surface area (Å²) in [4.78, 5) is 22.4. The summed E-state index contributed by atoms with van der Waals surface area (Å²) in [6.45, 7) is 0. The van der Waals surface area contributed by atoms with Gasteiger partial charge in [0, 0.05) is 12.1 Å². The van der Waals surface area contributed by atoms with Crippen LogP contribution in [-0.2, 0) is 26.0 Å². The maximum absolute atomic E-state index is 11.5. The maximum atomic E-state index is 11.5. The van der Waals surface area contributed by atoms with Crippen molar-refractivity contribution in [3.63, 3.8) is 0 Å². The molecule has 0 spiro atoms. The molecule has 1 aliphatic rings. The fraction of sp³-hybridized carbons (Fsp3) is 0.200. The molecule has 0 saturated heterocycles. The number of carbonyl (C=O) groups excluding carboxylic acids is 2. The van der Waals surface area contributed by atoms with Gasteiger partial charge in [-0.15, -0.1) is 0 Å². The standard InChI is InChI=1S/C10H10N2O4S/c1-11-17(15,16)7-3-2-6-4-9(13)10(14)12-8(6)5-7/h2-3,5,11H,4H2,1H3,(H,12,14). The van der Waals surface area contributed by atoms with Crippen LogP contribution in [0, 0.1) is 0 Å². The minimum Gasteiger partial charge on any atom is -0.319 e. The number of sulfonamides is 1. The third kappa shape index (κ3) is 2.06. The Hall–Kier alpha value is -1.73. The molecule has 0 aromatic heterocycles. The van der Waals surface area contributed by atoms with E-state index in [1.54, 1.807) is 0 Å². The first kappa shape index (κ1) is 11.7. The van der Waals surface area contributed by atoms with Gasteiger partial charge in [-0.2, -0.15) is 0 Å². The van der Waals surface area contributed by atoms with E-state index in [0.29, 0.717) is 11.3 Å². The number of rotatable bonds is 2. The Morgan fingerprint density at radius 2 is 2.00 bits per heavy atom. The summed E-state index contributed by atoms with van der Waals surface area (Å²) in [6, 6.07) is 4.26. The van der Waals surface area contributed by atoms with E-state index in [-0.39, 0.29) is 11.3 Å². The van der Waals surface area contributed by atoms with Crippen molar-refractivity contribution in [2.75, 3.05) is 12.4 Å². The molecule has 1 heterocycles. The zero-order valence-corrected chi connectivity index (χ0v) is 9.80. The molecule has 0 radical (unpaired) electrons. The smallest absolute Gasteiger partial charge is 0.292 e. The van der Waals surface area contributed by atoms with Crippen molar-refractivity contribution in [2.45, 2.75) is 11.3 Å². The Bertz CT molecular complexity index is 607. The van der Waals surface area contributed by atoms with E-state index in [0.717, 1.165) is 0 Å². The molecular weight excluding hydrogens is 244 g/mol. The molecule has 90 valence electrons. The van der Waals surface area contributed by atoms with Gasteiger partial charge in [0.05, 0.1) is 4.90 Å². The topological polar surface area (TPSA) is 92.3 Å². The summed E-state index contributed by atoms with van der Waals surface area (Å²) in [7, 11) is -2.25. The molecule has 0 saturated carbocycles. The molecule has 0 aliphatic carbocycles. The minimum atomic E-state index is -3.55. The lowest BCUT2D eigenvalue weighted by molar-refractivity contribution is -0.134. The van der Waals surface area contributed by atoms with Crippen molar-refractivity contribution in [3.8, 4) is 0 Å². The molecule has 17 heavy (non-hydrogen) atoms. The maximum Gasteiger partial charge on any atom is 0.292 e. The van der Waals surface area contributed by atoms with Crippen molar-refractivity contribution in [3.05, 3.63) is 23.8 Å². The number of amides is 1. The van der Waals surface area contributed by atoms with Gasteiger partial charge in [0.1, 0.15) is 0 Å². The number of hydrogen-bond acceptors (Lipinski definition) is 4. The van der Waals surface area contributed by atoms with Crippen LogP contribution in [-0.4, -0.2) is 27.2 Å². The van der Waals surface area contributed by atoms with Crippen molar-refractivity contribution >= 4 is 27.4 Å². The van der Waals surface area contributed by atoms with Crippen LogP contribution in [0.1, 0.15) is 5.56 Å². The fourth-order valence-electron chi connectivity index (χ4n) is 1.56. The summed E-state index contributed by atoms with van der Waals surface area (Å²) in [5, 5.41) is 2.37. The van der Waals surface area contributed by atoms with Crippen LogP contribution >= 0.6 is 0 Å². The Balaban J connectivity index is 2.49. The quantitative estimate of drug-likeness (QED) is 0.706. The van der Waals surface area contributed by atoms with E-state index >= 15 is 0 Å². The number of ketones is 1. The lowest BCUT2D eigenvalue weighted by Gasteiger charge is -2.16. The number of benzene rings is 1. The first-order valence-corrected chi connectivity index (χ1v) is 6.33. The number of nitrogens with one attached hydrogen (secondary N) is 2. The van der Waals surface area contributed by atoms with E-state index in [4.69, 9.17) is 0 Å². The van der Waals surface area contributed by atoms with Gasteiger partial charge in [-0.1, -0.05) is 6.07 Å².